The molecule has 7 nitrogen and oxygen atoms in total. The topological polar surface area (TPSA) is 130 Å². The highest BCUT2D eigenvalue weighted by molar-refractivity contribution is 7.85. The minimum Gasteiger partial charge on any atom is -0.507 e. The number of nitrogens with two attached hydrogens (primary N) is 1. The van der Waals surface area contributed by atoms with Gasteiger partial charge in [-0.05, 0) is 46.5 Å². The normalized spacial score (nSPS) is 11.6. The zero-order chi connectivity index (χ0) is 20.8. The molecule has 0 spiro atoms. The van der Waals surface area contributed by atoms with E-state index in [1.807, 2.05) is 24.3 Å². The van der Waals surface area contributed by atoms with Crippen molar-refractivity contribution in [1.29, 1.82) is 0 Å². The van der Waals surface area contributed by atoms with Gasteiger partial charge in [0.2, 0.25) is 0 Å². The van der Waals surface area contributed by atoms with Crippen molar-refractivity contribution in [3.63, 3.8) is 0 Å². The van der Waals surface area contributed by atoms with Gasteiger partial charge < -0.3 is 16.2 Å². The maximum atomic E-state index is 12.8. The molecule has 146 valence electrons. The molecular weight excluding hydrogens is 392 g/mol. The van der Waals surface area contributed by atoms with Gasteiger partial charge in [-0.2, -0.15) is 8.42 Å². The molecule has 0 aliphatic heterocycles. The molecule has 0 bridgehead atoms. The molecule has 4 aromatic rings. The van der Waals surface area contributed by atoms with E-state index < -0.39 is 16.0 Å². The molecule has 8 heteroatoms. The molecule has 0 aromatic heterocycles. The molecule has 0 atom stereocenters. The third-order valence-electron chi connectivity index (χ3n) is 4.64. The smallest absolute Gasteiger partial charge is 0.294 e. The lowest BCUT2D eigenvalue weighted by Gasteiger charge is -2.13. The largest absolute Gasteiger partial charge is 0.507 e. The Morgan fingerprint density at radius 2 is 1.55 bits per heavy atom. The predicted octanol–water partition coefficient (Wildman–Crippen LogP) is 3.78. The lowest BCUT2D eigenvalue weighted by Crippen LogP contribution is -2.13. The fourth-order valence-corrected chi connectivity index (χ4v) is 3.84. The molecule has 4 aromatic carbocycles. The van der Waals surface area contributed by atoms with Crippen LogP contribution in [0.5, 0.6) is 5.75 Å². The number of aromatic hydroxyl groups is 1. The molecule has 1 amide bonds. The van der Waals surface area contributed by atoms with Gasteiger partial charge in [0.1, 0.15) is 5.75 Å². The number of benzene rings is 4. The molecular formula is C21H16N2O5S. The third kappa shape index (κ3) is 3.46. The van der Waals surface area contributed by atoms with Crippen LogP contribution in [0.25, 0.3) is 21.5 Å². The number of phenols is 1. The number of carbonyl (C=O) groups is 1. The van der Waals surface area contributed by atoms with Gasteiger partial charge in [-0.25, -0.2) is 0 Å². The quantitative estimate of drug-likeness (QED) is 0.301. The summed E-state index contributed by atoms with van der Waals surface area (Å²) in [6.45, 7) is 0. The highest BCUT2D eigenvalue weighted by Gasteiger charge is 2.17. The number of nitrogen functional groups attached to an aromatic ring is 1. The Morgan fingerprint density at radius 3 is 2.24 bits per heavy atom. The van der Waals surface area contributed by atoms with E-state index >= 15 is 0 Å². The van der Waals surface area contributed by atoms with Crippen LogP contribution in [0.3, 0.4) is 0 Å². The van der Waals surface area contributed by atoms with E-state index in [1.165, 1.54) is 12.1 Å². The summed E-state index contributed by atoms with van der Waals surface area (Å²) >= 11 is 0. The molecule has 0 radical (unpaired) electrons. The molecule has 0 saturated heterocycles. The standard InChI is InChI=1S/C21H16N2O5S/c22-17-11-15(29(26,27)28)8-14-6-3-7-18(20(14)17)23-21(25)16-9-12-4-1-2-5-13(12)10-19(16)24/h1-11,24H,22H2,(H,23,25)(H,26,27,28). The Balaban J connectivity index is 1.78. The van der Waals surface area contributed by atoms with Crippen LogP contribution in [0.2, 0.25) is 0 Å². The maximum Gasteiger partial charge on any atom is 0.294 e. The third-order valence-corrected chi connectivity index (χ3v) is 5.47. The van der Waals surface area contributed by atoms with Crippen LogP contribution in [-0.4, -0.2) is 24.0 Å². The average Bonchev–Trinajstić information content (AvgIpc) is 2.66. The van der Waals surface area contributed by atoms with Crippen molar-refractivity contribution < 1.29 is 22.9 Å². The number of phenolic OH excluding ortho intramolecular Hbond substituents is 1. The first-order valence-corrected chi connectivity index (χ1v) is 10.0. The average molecular weight is 408 g/mol. The van der Waals surface area contributed by atoms with Crippen molar-refractivity contribution in [3.8, 4) is 5.75 Å². The second-order valence-electron chi connectivity index (χ2n) is 6.56. The summed E-state index contributed by atoms with van der Waals surface area (Å²) in [5, 5.41) is 15.4. The summed E-state index contributed by atoms with van der Waals surface area (Å²) in [6.07, 6.45) is 0. The first kappa shape index (κ1) is 18.7. The zero-order valence-corrected chi connectivity index (χ0v) is 15.8. The minimum atomic E-state index is -4.42. The Hall–Kier alpha value is -3.62. The van der Waals surface area contributed by atoms with Crippen LogP contribution >= 0.6 is 0 Å². The van der Waals surface area contributed by atoms with E-state index in [-0.39, 0.29) is 21.9 Å². The summed E-state index contributed by atoms with van der Waals surface area (Å²) in [5.41, 5.74) is 6.51. The highest BCUT2D eigenvalue weighted by atomic mass is 32.2. The second kappa shape index (κ2) is 6.77. The predicted molar refractivity (Wildman–Crippen MR) is 112 cm³/mol. The van der Waals surface area contributed by atoms with Crippen molar-refractivity contribution in [2.24, 2.45) is 0 Å². The molecule has 0 unspecified atom stereocenters. The summed E-state index contributed by atoms with van der Waals surface area (Å²) in [6, 6.07) is 17.7. The number of hydrogen-bond donors (Lipinski definition) is 4. The van der Waals surface area contributed by atoms with Crippen LogP contribution in [0, 0.1) is 0 Å². The molecule has 0 saturated carbocycles. The monoisotopic (exact) mass is 408 g/mol. The van der Waals surface area contributed by atoms with E-state index in [0.29, 0.717) is 16.5 Å². The first-order chi connectivity index (χ1) is 13.7. The van der Waals surface area contributed by atoms with Crippen LogP contribution in [0.15, 0.2) is 71.6 Å². The first-order valence-electron chi connectivity index (χ1n) is 8.57. The second-order valence-corrected chi connectivity index (χ2v) is 7.98. The van der Waals surface area contributed by atoms with E-state index in [4.69, 9.17) is 5.73 Å². The van der Waals surface area contributed by atoms with E-state index in [9.17, 15) is 22.9 Å². The van der Waals surface area contributed by atoms with Gasteiger partial charge in [0.25, 0.3) is 16.0 Å². The van der Waals surface area contributed by atoms with Gasteiger partial charge in [0.05, 0.1) is 16.1 Å². The summed E-state index contributed by atoms with van der Waals surface area (Å²) in [5.74, 6) is -0.706. The van der Waals surface area contributed by atoms with Gasteiger partial charge in [0.15, 0.2) is 0 Å². The minimum absolute atomic E-state index is 0.0776. The fraction of sp³-hybridized carbons (Fsp3) is 0. The number of amides is 1. The summed E-state index contributed by atoms with van der Waals surface area (Å²) in [4.78, 5) is 12.5. The van der Waals surface area contributed by atoms with E-state index in [0.717, 1.165) is 16.8 Å². The Bertz CT molecular complexity index is 1400. The van der Waals surface area contributed by atoms with Crippen molar-refractivity contribution in [2.45, 2.75) is 4.90 Å². The highest BCUT2D eigenvalue weighted by Crippen LogP contribution is 2.33. The van der Waals surface area contributed by atoms with Crippen molar-refractivity contribution >= 4 is 48.9 Å². The number of hydrogen-bond acceptors (Lipinski definition) is 5. The van der Waals surface area contributed by atoms with E-state index in [1.54, 1.807) is 24.3 Å². The molecule has 0 aliphatic rings. The van der Waals surface area contributed by atoms with Gasteiger partial charge in [-0.1, -0.05) is 36.4 Å². The molecule has 0 aliphatic carbocycles. The molecule has 4 rings (SSSR count). The number of rotatable bonds is 3. The maximum absolute atomic E-state index is 12.8. The summed E-state index contributed by atoms with van der Waals surface area (Å²) < 4.78 is 32.1. The van der Waals surface area contributed by atoms with Gasteiger partial charge >= 0.3 is 0 Å². The van der Waals surface area contributed by atoms with Gasteiger partial charge in [-0.15, -0.1) is 0 Å². The SMILES string of the molecule is Nc1cc(S(=O)(=O)O)cc2cccc(NC(=O)c3cc4ccccc4cc3O)c12. The van der Waals surface area contributed by atoms with Crippen LogP contribution in [0.1, 0.15) is 10.4 Å². The van der Waals surface area contributed by atoms with Gasteiger partial charge in [-0.3, -0.25) is 9.35 Å². The number of carbonyl (C=O) groups excluding carboxylic acids is 1. The van der Waals surface area contributed by atoms with Crippen LogP contribution in [0.4, 0.5) is 11.4 Å². The van der Waals surface area contributed by atoms with Crippen LogP contribution < -0.4 is 11.1 Å². The summed E-state index contributed by atoms with van der Waals surface area (Å²) in [7, 11) is -4.42. The van der Waals surface area contributed by atoms with Crippen molar-refractivity contribution in [1.82, 2.24) is 0 Å². The Labute approximate surface area is 166 Å². The fourth-order valence-electron chi connectivity index (χ4n) is 3.29. The van der Waals surface area contributed by atoms with Crippen molar-refractivity contribution in [3.05, 3.63) is 72.3 Å². The lowest BCUT2D eigenvalue weighted by molar-refractivity contribution is 0.102. The molecule has 0 heterocycles. The van der Waals surface area contributed by atoms with E-state index in [2.05, 4.69) is 5.32 Å². The lowest BCUT2D eigenvalue weighted by atomic mass is 10.0. The molecule has 0 fully saturated rings. The van der Waals surface area contributed by atoms with Crippen LogP contribution in [-0.2, 0) is 10.1 Å². The number of nitrogens with one attached hydrogen (secondary N) is 1. The Morgan fingerprint density at radius 1 is 0.897 bits per heavy atom. The Kier molecular flexibility index (Phi) is 4.37. The molecule has 29 heavy (non-hydrogen) atoms. The number of anilines is 2. The van der Waals surface area contributed by atoms with Crippen molar-refractivity contribution in [2.75, 3.05) is 11.1 Å². The molecule has 5 N–H and O–H groups in total. The number of fused-ring (bicyclic) bond motifs is 2. The van der Waals surface area contributed by atoms with Gasteiger partial charge in [0, 0.05) is 11.1 Å². The zero-order valence-electron chi connectivity index (χ0n) is 15.0.